The predicted octanol–water partition coefficient (Wildman–Crippen LogP) is 4.25. The van der Waals surface area contributed by atoms with Crippen molar-refractivity contribution in [3.63, 3.8) is 0 Å². The van der Waals surface area contributed by atoms with Gasteiger partial charge in [-0.3, -0.25) is 9.59 Å². The van der Waals surface area contributed by atoms with Crippen molar-refractivity contribution in [2.75, 3.05) is 32.6 Å². The Balaban J connectivity index is 1.37. The van der Waals surface area contributed by atoms with Gasteiger partial charge in [-0.1, -0.05) is 24.3 Å². The molecule has 0 radical (unpaired) electrons. The normalized spacial score (nSPS) is 18.9. The van der Waals surface area contributed by atoms with Crippen LogP contribution in [0.4, 0.5) is 24.8 Å². The Morgan fingerprint density at radius 3 is 2.51 bits per heavy atom. The van der Waals surface area contributed by atoms with Crippen LogP contribution < -0.4 is 25.4 Å². The lowest BCUT2D eigenvalue weighted by Gasteiger charge is -2.29. The van der Waals surface area contributed by atoms with Crippen LogP contribution in [0.2, 0.25) is 0 Å². The lowest BCUT2D eigenvalue weighted by atomic mass is 10.0. The molecule has 0 spiro atoms. The Morgan fingerprint density at radius 1 is 1.07 bits per heavy atom. The summed E-state index contributed by atoms with van der Waals surface area (Å²) in [6.45, 7) is 3.14. The number of nitrogens with zero attached hydrogens (tertiary/aromatic N) is 3. The van der Waals surface area contributed by atoms with Gasteiger partial charge in [-0.25, -0.2) is 4.98 Å². The summed E-state index contributed by atoms with van der Waals surface area (Å²) in [7, 11) is 3.46. The molecule has 0 saturated carbocycles. The SMILES string of the molecule is COc1cc(C(=O)NC2CCN(C)CC2)ccc1Nc1ncc(C(F)(F)F)c(OC2Cc3ccccc3[C@H]2NC(C)=O)n1. The van der Waals surface area contributed by atoms with E-state index in [1.165, 1.54) is 14.0 Å². The molecule has 1 aliphatic carbocycles. The van der Waals surface area contributed by atoms with Crippen LogP contribution in [0.1, 0.15) is 52.9 Å². The van der Waals surface area contributed by atoms with E-state index < -0.39 is 29.8 Å². The highest BCUT2D eigenvalue weighted by Crippen LogP contribution is 2.40. The minimum Gasteiger partial charge on any atom is -0.495 e. The van der Waals surface area contributed by atoms with E-state index in [0.717, 1.165) is 37.1 Å². The number of halogens is 3. The number of piperidine rings is 1. The highest BCUT2D eigenvalue weighted by atomic mass is 19.4. The first-order chi connectivity index (χ1) is 20.5. The zero-order valence-corrected chi connectivity index (χ0v) is 24.0. The number of likely N-dealkylation sites (tertiary alicyclic amines) is 1. The molecular weight excluding hydrogens is 565 g/mol. The van der Waals surface area contributed by atoms with Gasteiger partial charge in [-0.2, -0.15) is 18.2 Å². The summed E-state index contributed by atoms with van der Waals surface area (Å²) < 4.78 is 53.2. The topological polar surface area (TPSA) is 118 Å². The number of anilines is 2. The number of methoxy groups -OCH3 is 1. The molecule has 1 fully saturated rings. The molecule has 3 aromatic rings. The molecule has 13 heteroatoms. The maximum Gasteiger partial charge on any atom is 0.423 e. The van der Waals surface area contributed by atoms with Crippen molar-refractivity contribution in [3.8, 4) is 11.6 Å². The first-order valence-corrected chi connectivity index (χ1v) is 13.9. The molecule has 0 bridgehead atoms. The van der Waals surface area contributed by atoms with E-state index in [1.54, 1.807) is 30.3 Å². The lowest BCUT2D eigenvalue weighted by Crippen LogP contribution is -2.43. The largest absolute Gasteiger partial charge is 0.495 e. The fourth-order valence-corrected chi connectivity index (χ4v) is 5.39. The smallest absolute Gasteiger partial charge is 0.423 e. The van der Waals surface area contributed by atoms with Crippen LogP contribution in [0.5, 0.6) is 11.6 Å². The molecule has 10 nitrogen and oxygen atoms in total. The molecule has 2 heterocycles. The van der Waals surface area contributed by atoms with Gasteiger partial charge in [0.15, 0.2) is 0 Å². The lowest BCUT2D eigenvalue weighted by molar-refractivity contribution is -0.140. The average Bonchev–Trinajstić information content (AvgIpc) is 3.30. The zero-order chi connectivity index (χ0) is 30.7. The van der Waals surface area contributed by atoms with Gasteiger partial charge in [0.25, 0.3) is 5.91 Å². The summed E-state index contributed by atoms with van der Waals surface area (Å²) >= 11 is 0. The fourth-order valence-electron chi connectivity index (χ4n) is 5.39. The van der Waals surface area contributed by atoms with Crippen LogP contribution in [-0.2, 0) is 17.4 Å². The summed E-state index contributed by atoms with van der Waals surface area (Å²) in [4.78, 5) is 34.9. The second-order valence-corrected chi connectivity index (χ2v) is 10.7. The van der Waals surface area contributed by atoms with E-state index in [4.69, 9.17) is 9.47 Å². The molecule has 228 valence electrons. The number of amides is 2. The molecule has 5 rings (SSSR count). The molecule has 1 aliphatic heterocycles. The van der Waals surface area contributed by atoms with E-state index in [-0.39, 0.29) is 36.0 Å². The Hall–Kier alpha value is -4.39. The summed E-state index contributed by atoms with van der Waals surface area (Å²) in [5.41, 5.74) is 1.20. The number of hydrogen-bond acceptors (Lipinski definition) is 8. The van der Waals surface area contributed by atoms with Crippen molar-refractivity contribution in [1.29, 1.82) is 0 Å². The first-order valence-electron chi connectivity index (χ1n) is 13.9. The molecule has 1 unspecified atom stereocenters. The molecular formula is C30H33F3N6O4. The number of nitrogens with one attached hydrogen (secondary N) is 3. The Morgan fingerprint density at radius 2 is 1.81 bits per heavy atom. The van der Waals surface area contributed by atoms with E-state index in [9.17, 15) is 22.8 Å². The van der Waals surface area contributed by atoms with Crippen LogP contribution in [0.25, 0.3) is 0 Å². The Kier molecular flexibility index (Phi) is 8.71. The monoisotopic (exact) mass is 598 g/mol. The van der Waals surface area contributed by atoms with Gasteiger partial charge in [0.2, 0.25) is 17.7 Å². The molecule has 2 aromatic carbocycles. The number of ether oxygens (including phenoxy) is 2. The number of aromatic nitrogens is 2. The Labute approximate surface area is 247 Å². The third kappa shape index (κ3) is 6.99. The third-order valence-electron chi connectivity index (χ3n) is 7.63. The van der Waals surface area contributed by atoms with E-state index >= 15 is 0 Å². The molecule has 1 saturated heterocycles. The van der Waals surface area contributed by atoms with Gasteiger partial charge < -0.3 is 30.3 Å². The van der Waals surface area contributed by atoms with Gasteiger partial charge in [-0.15, -0.1) is 0 Å². The summed E-state index contributed by atoms with van der Waals surface area (Å²) in [6, 6.07) is 11.4. The van der Waals surface area contributed by atoms with Crippen LogP contribution in [0.3, 0.4) is 0 Å². The van der Waals surface area contributed by atoms with Crippen molar-refractivity contribution >= 4 is 23.5 Å². The van der Waals surface area contributed by atoms with Crippen LogP contribution in [-0.4, -0.2) is 66.1 Å². The highest BCUT2D eigenvalue weighted by molar-refractivity contribution is 5.95. The number of hydrogen-bond donors (Lipinski definition) is 3. The van der Waals surface area contributed by atoms with E-state index in [0.29, 0.717) is 17.4 Å². The quantitative estimate of drug-likeness (QED) is 0.352. The molecule has 1 aromatic heterocycles. The fraction of sp³-hybridized carbons (Fsp3) is 0.400. The standard InChI is InChI=1S/C30H33F3N6O4/c1-17(40)35-26-21-7-5-4-6-18(21)14-25(26)43-28-22(30(31,32)33)16-34-29(38-28)37-23-9-8-19(15-24(23)42-3)27(41)36-20-10-12-39(2)13-11-20/h4-9,15-16,20,25-26H,10-14H2,1-3H3,(H,35,40)(H,36,41)(H,34,37,38)/t25?,26-/m1/s1. The maximum absolute atomic E-state index is 14.0. The van der Waals surface area contributed by atoms with Crippen molar-refractivity contribution in [3.05, 3.63) is 70.9 Å². The molecule has 2 atom stereocenters. The number of carbonyl (C=O) groups excluding carboxylic acids is 2. The maximum atomic E-state index is 14.0. The van der Waals surface area contributed by atoms with Crippen molar-refractivity contribution < 1.29 is 32.2 Å². The summed E-state index contributed by atoms with van der Waals surface area (Å²) in [6.07, 6.45) is -2.98. The Bertz CT molecular complexity index is 1490. The van der Waals surface area contributed by atoms with Gasteiger partial charge in [0.05, 0.1) is 18.8 Å². The molecule has 2 aliphatic rings. The van der Waals surface area contributed by atoms with E-state index in [2.05, 4.69) is 30.8 Å². The van der Waals surface area contributed by atoms with Crippen LogP contribution in [0.15, 0.2) is 48.7 Å². The van der Waals surface area contributed by atoms with Crippen LogP contribution >= 0.6 is 0 Å². The predicted molar refractivity (Wildman–Crippen MR) is 152 cm³/mol. The van der Waals surface area contributed by atoms with Crippen LogP contribution in [0, 0.1) is 0 Å². The summed E-state index contributed by atoms with van der Waals surface area (Å²) in [5, 5.41) is 8.71. The molecule has 43 heavy (non-hydrogen) atoms. The first kappa shape index (κ1) is 30.1. The third-order valence-corrected chi connectivity index (χ3v) is 7.63. The second kappa shape index (κ2) is 12.5. The van der Waals surface area contributed by atoms with Gasteiger partial charge in [0.1, 0.15) is 17.4 Å². The van der Waals surface area contributed by atoms with E-state index in [1.807, 2.05) is 19.2 Å². The second-order valence-electron chi connectivity index (χ2n) is 10.7. The minimum absolute atomic E-state index is 0.0735. The number of carbonyl (C=O) groups is 2. The zero-order valence-electron chi connectivity index (χ0n) is 24.0. The van der Waals surface area contributed by atoms with Gasteiger partial charge >= 0.3 is 6.18 Å². The number of benzene rings is 2. The highest BCUT2D eigenvalue weighted by Gasteiger charge is 2.40. The summed E-state index contributed by atoms with van der Waals surface area (Å²) in [5.74, 6) is -1.15. The van der Waals surface area contributed by atoms with Crippen molar-refractivity contribution in [1.82, 2.24) is 25.5 Å². The molecule has 3 N–H and O–H groups in total. The number of rotatable bonds is 8. The molecule has 2 amide bonds. The minimum atomic E-state index is -4.79. The average molecular weight is 599 g/mol. The van der Waals surface area contributed by atoms with Gasteiger partial charge in [0, 0.05) is 31.1 Å². The van der Waals surface area contributed by atoms with Gasteiger partial charge in [-0.05, 0) is 62.3 Å². The van der Waals surface area contributed by atoms with Crippen molar-refractivity contribution in [2.24, 2.45) is 0 Å². The van der Waals surface area contributed by atoms with Crippen molar-refractivity contribution in [2.45, 2.75) is 50.6 Å². The number of alkyl halides is 3. The number of fused-ring (bicyclic) bond motifs is 1.